The summed E-state index contributed by atoms with van der Waals surface area (Å²) in [5.41, 5.74) is 4.71. The van der Waals surface area contributed by atoms with Crippen molar-refractivity contribution in [3.8, 4) is 0 Å². The highest BCUT2D eigenvalue weighted by atomic mass is 16.1. The largest absolute Gasteiger partial charge is 0.378 e. The number of carbonyl (C=O) groups is 1. The van der Waals surface area contributed by atoms with E-state index in [9.17, 15) is 4.79 Å². The Morgan fingerprint density at radius 2 is 1.85 bits per heavy atom. The van der Waals surface area contributed by atoms with Gasteiger partial charge in [-0.25, -0.2) is 0 Å². The van der Waals surface area contributed by atoms with Crippen LogP contribution < -0.4 is 5.32 Å². The Bertz CT molecular complexity index is 616. The number of Topliss-reactive ketones (excluding diaryl/α,β-unsaturated/α-hetero) is 1. The SMILES string of the molecule is CC(=O)c1ccc(NC2CCCc3ccccc32)cc1. The normalized spacial score (nSPS) is 17.4. The number of rotatable bonds is 3. The molecule has 2 heteroatoms. The summed E-state index contributed by atoms with van der Waals surface area (Å²) in [7, 11) is 0. The molecule has 1 N–H and O–H groups in total. The van der Waals surface area contributed by atoms with E-state index in [1.807, 2.05) is 24.3 Å². The molecule has 0 bridgehead atoms. The van der Waals surface area contributed by atoms with E-state index in [1.165, 1.54) is 24.0 Å². The van der Waals surface area contributed by atoms with E-state index in [1.54, 1.807) is 6.92 Å². The summed E-state index contributed by atoms with van der Waals surface area (Å²) in [5, 5.41) is 3.59. The van der Waals surface area contributed by atoms with Crippen LogP contribution in [0.1, 0.15) is 47.3 Å². The molecule has 0 radical (unpaired) electrons. The van der Waals surface area contributed by atoms with Crippen molar-refractivity contribution >= 4 is 11.5 Å². The number of fused-ring (bicyclic) bond motifs is 1. The molecular formula is C18H19NO. The predicted molar refractivity (Wildman–Crippen MR) is 82.2 cm³/mol. The van der Waals surface area contributed by atoms with E-state index >= 15 is 0 Å². The van der Waals surface area contributed by atoms with Gasteiger partial charge in [0.15, 0.2) is 5.78 Å². The number of nitrogens with one attached hydrogen (secondary N) is 1. The van der Waals surface area contributed by atoms with Crippen LogP contribution in [-0.4, -0.2) is 5.78 Å². The number of hydrogen-bond acceptors (Lipinski definition) is 2. The van der Waals surface area contributed by atoms with Crippen LogP contribution in [0.4, 0.5) is 5.69 Å². The van der Waals surface area contributed by atoms with Crippen LogP contribution in [0.15, 0.2) is 48.5 Å². The van der Waals surface area contributed by atoms with Gasteiger partial charge < -0.3 is 5.32 Å². The highest BCUT2D eigenvalue weighted by molar-refractivity contribution is 5.94. The zero-order valence-electron chi connectivity index (χ0n) is 11.7. The Morgan fingerprint density at radius 1 is 1.10 bits per heavy atom. The first-order chi connectivity index (χ1) is 9.74. The molecule has 2 aromatic rings. The third-order valence-corrected chi connectivity index (χ3v) is 4.00. The number of anilines is 1. The lowest BCUT2D eigenvalue weighted by atomic mass is 9.87. The van der Waals surface area contributed by atoms with Gasteiger partial charge in [-0.3, -0.25) is 4.79 Å². The molecule has 0 aliphatic heterocycles. The van der Waals surface area contributed by atoms with Crippen molar-refractivity contribution in [1.82, 2.24) is 0 Å². The van der Waals surface area contributed by atoms with E-state index in [-0.39, 0.29) is 5.78 Å². The zero-order chi connectivity index (χ0) is 13.9. The van der Waals surface area contributed by atoms with Crippen molar-refractivity contribution in [2.75, 3.05) is 5.32 Å². The highest BCUT2D eigenvalue weighted by Crippen LogP contribution is 2.32. The highest BCUT2D eigenvalue weighted by Gasteiger charge is 2.19. The maximum atomic E-state index is 11.3. The summed E-state index contributed by atoms with van der Waals surface area (Å²) in [6.45, 7) is 1.60. The number of aryl methyl sites for hydroxylation is 1. The van der Waals surface area contributed by atoms with Gasteiger partial charge in [-0.1, -0.05) is 24.3 Å². The average molecular weight is 265 g/mol. The van der Waals surface area contributed by atoms with Crippen LogP contribution in [0.3, 0.4) is 0 Å². The van der Waals surface area contributed by atoms with Gasteiger partial charge in [-0.15, -0.1) is 0 Å². The van der Waals surface area contributed by atoms with E-state index in [4.69, 9.17) is 0 Å². The molecule has 3 rings (SSSR count). The molecule has 0 spiro atoms. The average Bonchev–Trinajstić information content (AvgIpc) is 2.48. The summed E-state index contributed by atoms with van der Waals surface area (Å²) in [4.78, 5) is 11.3. The predicted octanol–water partition coefficient (Wildman–Crippen LogP) is 4.38. The lowest BCUT2D eigenvalue weighted by Gasteiger charge is -2.27. The minimum atomic E-state index is 0.111. The van der Waals surface area contributed by atoms with Gasteiger partial charge in [0.25, 0.3) is 0 Å². The van der Waals surface area contributed by atoms with Crippen LogP contribution in [0.5, 0.6) is 0 Å². The van der Waals surface area contributed by atoms with Gasteiger partial charge >= 0.3 is 0 Å². The van der Waals surface area contributed by atoms with Crippen molar-refractivity contribution in [2.45, 2.75) is 32.2 Å². The zero-order valence-corrected chi connectivity index (χ0v) is 11.7. The molecule has 0 fully saturated rings. The lowest BCUT2D eigenvalue weighted by Crippen LogP contribution is -2.17. The first-order valence-corrected chi connectivity index (χ1v) is 7.19. The minimum Gasteiger partial charge on any atom is -0.378 e. The molecule has 2 nitrogen and oxygen atoms in total. The van der Waals surface area contributed by atoms with Gasteiger partial charge in [0.2, 0.25) is 0 Å². The molecule has 0 saturated carbocycles. The van der Waals surface area contributed by atoms with Crippen LogP contribution in [-0.2, 0) is 6.42 Å². The number of hydrogen-bond donors (Lipinski definition) is 1. The maximum absolute atomic E-state index is 11.3. The standard InChI is InChI=1S/C18H19NO/c1-13(20)14-9-11-16(12-10-14)19-18-8-4-6-15-5-2-3-7-17(15)18/h2-3,5,7,9-12,18-19H,4,6,8H2,1H3. The third kappa shape index (κ3) is 2.60. The molecule has 1 unspecified atom stereocenters. The first-order valence-electron chi connectivity index (χ1n) is 7.19. The molecule has 0 aromatic heterocycles. The molecule has 1 aliphatic rings. The second-order valence-electron chi connectivity index (χ2n) is 5.42. The molecule has 0 amide bonds. The van der Waals surface area contributed by atoms with Crippen LogP contribution >= 0.6 is 0 Å². The van der Waals surface area contributed by atoms with E-state index in [0.717, 1.165) is 17.7 Å². The van der Waals surface area contributed by atoms with Crippen molar-refractivity contribution in [3.05, 3.63) is 65.2 Å². The lowest BCUT2D eigenvalue weighted by molar-refractivity contribution is 0.101. The maximum Gasteiger partial charge on any atom is 0.159 e. The summed E-state index contributed by atoms with van der Waals surface area (Å²) in [6.07, 6.45) is 3.56. The summed E-state index contributed by atoms with van der Waals surface area (Å²) in [6, 6.07) is 16.8. The fourth-order valence-corrected chi connectivity index (χ4v) is 2.91. The second-order valence-corrected chi connectivity index (χ2v) is 5.42. The molecule has 2 aromatic carbocycles. The number of benzene rings is 2. The molecule has 0 saturated heterocycles. The van der Waals surface area contributed by atoms with E-state index in [0.29, 0.717) is 6.04 Å². The van der Waals surface area contributed by atoms with Crippen LogP contribution in [0.25, 0.3) is 0 Å². The topological polar surface area (TPSA) is 29.1 Å². The van der Waals surface area contributed by atoms with Crippen molar-refractivity contribution < 1.29 is 4.79 Å². The van der Waals surface area contributed by atoms with E-state index < -0.39 is 0 Å². The fourth-order valence-electron chi connectivity index (χ4n) is 2.91. The second kappa shape index (κ2) is 5.49. The minimum absolute atomic E-state index is 0.111. The monoisotopic (exact) mass is 265 g/mol. The fraction of sp³-hybridized carbons (Fsp3) is 0.278. The van der Waals surface area contributed by atoms with Crippen molar-refractivity contribution in [3.63, 3.8) is 0 Å². The Morgan fingerprint density at radius 3 is 2.60 bits per heavy atom. The molecule has 20 heavy (non-hydrogen) atoms. The Labute approximate surface area is 119 Å². The molecule has 1 aliphatic carbocycles. The van der Waals surface area contributed by atoms with Gasteiger partial charge in [-0.05, 0) is 61.6 Å². The third-order valence-electron chi connectivity index (χ3n) is 4.00. The van der Waals surface area contributed by atoms with Gasteiger partial charge in [0.05, 0.1) is 6.04 Å². The Kier molecular flexibility index (Phi) is 3.55. The smallest absolute Gasteiger partial charge is 0.159 e. The van der Waals surface area contributed by atoms with Crippen molar-refractivity contribution in [1.29, 1.82) is 0 Å². The molecule has 1 atom stereocenters. The quantitative estimate of drug-likeness (QED) is 0.834. The Hall–Kier alpha value is -2.09. The summed E-state index contributed by atoms with van der Waals surface area (Å²) >= 11 is 0. The summed E-state index contributed by atoms with van der Waals surface area (Å²) < 4.78 is 0. The van der Waals surface area contributed by atoms with Gasteiger partial charge in [0.1, 0.15) is 0 Å². The number of carbonyl (C=O) groups excluding carboxylic acids is 1. The van der Waals surface area contributed by atoms with Gasteiger partial charge in [-0.2, -0.15) is 0 Å². The Balaban J connectivity index is 1.80. The van der Waals surface area contributed by atoms with Crippen LogP contribution in [0, 0.1) is 0 Å². The molecule has 102 valence electrons. The van der Waals surface area contributed by atoms with Crippen LogP contribution in [0.2, 0.25) is 0 Å². The summed E-state index contributed by atoms with van der Waals surface area (Å²) in [5.74, 6) is 0.111. The molecular weight excluding hydrogens is 246 g/mol. The first kappa shape index (κ1) is 12.9. The molecule has 0 heterocycles. The van der Waals surface area contributed by atoms with Crippen molar-refractivity contribution in [2.24, 2.45) is 0 Å². The van der Waals surface area contributed by atoms with Gasteiger partial charge in [0, 0.05) is 11.3 Å². The number of ketones is 1. The van der Waals surface area contributed by atoms with E-state index in [2.05, 4.69) is 29.6 Å².